The number of benzene rings is 2. The molecule has 0 aliphatic heterocycles. The van der Waals surface area contributed by atoms with E-state index in [0.717, 1.165) is 32.3 Å². The molecule has 0 saturated carbocycles. The number of nitrogens with two attached hydrogens (primary N) is 1. The lowest BCUT2D eigenvalue weighted by molar-refractivity contribution is 0.262. The fraction of sp³-hybridized carbons (Fsp3) is 0.0476. The molecule has 2 heterocycles. The average Bonchev–Trinajstić information content (AvgIpc) is 3.08. The lowest BCUT2D eigenvalue weighted by atomic mass is 10.0. The minimum Gasteiger partial charge on any atom is -0.383 e. The number of urea groups is 1. The first-order chi connectivity index (χ1) is 14.9. The van der Waals surface area contributed by atoms with Crippen LogP contribution < -0.4 is 16.4 Å². The number of hydrogen-bond acceptors (Lipinski definition) is 7. The van der Waals surface area contributed by atoms with Crippen LogP contribution in [0.4, 0.5) is 22.0 Å². The molecule has 4 aromatic rings. The number of nitrogen functional groups attached to an aromatic ring is 1. The number of isocyanates is 1. The Morgan fingerprint density at radius 1 is 1.06 bits per heavy atom. The Morgan fingerprint density at radius 3 is 2.19 bits per heavy atom. The zero-order chi connectivity index (χ0) is 22.4. The highest BCUT2D eigenvalue weighted by molar-refractivity contribution is 7.19. The van der Waals surface area contributed by atoms with E-state index in [-0.39, 0.29) is 6.03 Å². The third kappa shape index (κ3) is 5.23. The van der Waals surface area contributed by atoms with E-state index >= 15 is 0 Å². The zero-order valence-electron chi connectivity index (χ0n) is 16.3. The van der Waals surface area contributed by atoms with Gasteiger partial charge in [0, 0.05) is 26.8 Å². The van der Waals surface area contributed by atoms with Gasteiger partial charge in [-0.25, -0.2) is 25.0 Å². The molecular formula is C21H17ClN6O2S. The van der Waals surface area contributed by atoms with Crippen LogP contribution in [0, 0.1) is 12.3 Å². The lowest BCUT2D eigenvalue weighted by Gasteiger charge is -2.09. The van der Waals surface area contributed by atoms with Crippen molar-refractivity contribution in [2.75, 3.05) is 16.4 Å². The molecule has 2 aromatic heterocycles. The van der Waals surface area contributed by atoms with Gasteiger partial charge >= 0.3 is 6.03 Å². The van der Waals surface area contributed by atoms with Gasteiger partial charge in [0.2, 0.25) is 6.08 Å². The molecule has 0 radical (unpaired) electrons. The van der Waals surface area contributed by atoms with Crippen LogP contribution in [0.25, 0.3) is 21.3 Å². The van der Waals surface area contributed by atoms with Crippen LogP contribution in [-0.2, 0) is 4.79 Å². The van der Waals surface area contributed by atoms with Crippen molar-refractivity contribution >= 4 is 62.5 Å². The predicted octanol–water partition coefficient (Wildman–Crippen LogP) is 5.45. The highest BCUT2D eigenvalue weighted by atomic mass is 35.5. The molecule has 0 fully saturated rings. The Kier molecular flexibility index (Phi) is 6.94. The van der Waals surface area contributed by atoms with Crippen LogP contribution >= 0.6 is 22.9 Å². The third-order valence-corrected chi connectivity index (χ3v) is 5.49. The monoisotopic (exact) mass is 452 g/mol. The van der Waals surface area contributed by atoms with Crippen LogP contribution in [-0.4, -0.2) is 22.1 Å². The first-order valence-corrected chi connectivity index (χ1v) is 10.1. The van der Waals surface area contributed by atoms with E-state index in [9.17, 15) is 4.79 Å². The van der Waals surface area contributed by atoms with Gasteiger partial charge < -0.3 is 16.4 Å². The molecule has 10 heteroatoms. The number of nitrogens with zero attached hydrogens (tertiary/aromatic N) is 2. The summed E-state index contributed by atoms with van der Waals surface area (Å²) in [5.41, 5.74) is 9.42. The van der Waals surface area contributed by atoms with Gasteiger partial charge in [0.05, 0.1) is 5.39 Å². The summed E-state index contributed by atoms with van der Waals surface area (Å²) in [6, 6.07) is 14.2. The molecule has 0 atom stereocenters. The summed E-state index contributed by atoms with van der Waals surface area (Å²) in [5.74, 6) is 0.467. The Bertz CT molecular complexity index is 1250. The first kappa shape index (κ1) is 21.9. The maximum Gasteiger partial charge on any atom is 0.323 e. The smallest absolute Gasteiger partial charge is 0.323 e. The van der Waals surface area contributed by atoms with Crippen LogP contribution in [0.5, 0.6) is 0 Å². The number of hydrogen-bond donors (Lipinski definition) is 4. The second-order valence-electron chi connectivity index (χ2n) is 6.24. The van der Waals surface area contributed by atoms with Gasteiger partial charge in [-0.05, 0) is 48.9 Å². The van der Waals surface area contributed by atoms with Crippen molar-refractivity contribution in [3.8, 4) is 11.1 Å². The molecule has 0 aliphatic carbocycles. The SMILES string of the molecule is Cc1sc2ncnc(N)c2c1-c1ccc(NC(=O)Nc2ccc(Cl)cc2)cc1.N=C=O. The molecule has 0 bridgehead atoms. The summed E-state index contributed by atoms with van der Waals surface area (Å²) in [7, 11) is 0. The van der Waals surface area contributed by atoms with E-state index in [1.807, 2.05) is 31.2 Å². The molecule has 8 nitrogen and oxygen atoms in total. The quantitative estimate of drug-likeness (QED) is 0.242. The van der Waals surface area contributed by atoms with Crippen molar-refractivity contribution in [1.82, 2.24) is 9.97 Å². The lowest BCUT2D eigenvalue weighted by Crippen LogP contribution is -2.19. The zero-order valence-corrected chi connectivity index (χ0v) is 17.8. The summed E-state index contributed by atoms with van der Waals surface area (Å²) in [6.07, 6.45) is 2.23. The summed E-state index contributed by atoms with van der Waals surface area (Å²) >= 11 is 7.43. The van der Waals surface area contributed by atoms with E-state index in [2.05, 4.69) is 20.6 Å². The summed E-state index contributed by atoms with van der Waals surface area (Å²) in [6.45, 7) is 2.03. The van der Waals surface area contributed by atoms with Crippen molar-refractivity contribution in [3.05, 3.63) is 64.8 Å². The molecule has 0 spiro atoms. The largest absolute Gasteiger partial charge is 0.383 e. The number of amides is 2. The number of fused-ring (bicyclic) bond motifs is 1. The van der Waals surface area contributed by atoms with E-state index in [4.69, 9.17) is 27.5 Å². The standard InChI is InChI=1S/C20H16ClN5OS.CHNO/c1-11-16(17-18(22)23-10-24-19(17)28-11)12-2-6-14(7-3-12)25-20(27)26-15-8-4-13(21)5-9-15;2-1-3/h2-10H,1H3,(H2,22,23,24)(H2,25,26,27);2H. The van der Waals surface area contributed by atoms with E-state index in [0.29, 0.717) is 22.2 Å². The number of aryl methyl sites for hydroxylation is 1. The highest BCUT2D eigenvalue weighted by Gasteiger charge is 2.15. The Hall–Kier alpha value is -3.78. The van der Waals surface area contributed by atoms with Gasteiger partial charge in [0.15, 0.2) is 0 Å². The van der Waals surface area contributed by atoms with Gasteiger partial charge in [-0.15, -0.1) is 11.3 Å². The van der Waals surface area contributed by atoms with Crippen molar-refractivity contribution in [1.29, 1.82) is 5.41 Å². The Labute approximate surface area is 186 Å². The number of aromatic nitrogens is 2. The van der Waals surface area contributed by atoms with Crippen molar-refractivity contribution < 1.29 is 9.59 Å². The van der Waals surface area contributed by atoms with Crippen molar-refractivity contribution in [2.45, 2.75) is 6.92 Å². The molecule has 31 heavy (non-hydrogen) atoms. The van der Waals surface area contributed by atoms with Crippen LogP contribution in [0.2, 0.25) is 5.02 Å². The minimum absolute atomic E-state index is 0.329. The number of rotatable bonds is 3. The summed E-state index contributed by atoms with van der Waals surface area (Å²) in [4.78, 5) is 30.9. The Morgan fingerprint density at radius 2 is 1.61 bits per heavy atom. The molecule has 2 amide bonds. The fourth-order valence-corrected chi connectivity index (χ4v) is 4.11. The maximum atomic E-state index is 12.2. The van der Waals surface area contributed by atoms with Crippen LogP contribution in [0.1, 0.15) is 4.88 Å². The van der Waals surface area contributed by atoms with Crippen LogP contribution in [0.3, 0.4) is 0 Å². The van der Waals surface area contributed by atoms with Crippen molar-refractivity contribution in [3.63, 3.8) is 0 Å². The molecule has 156 valence electrons. The number of nitrogens with one attached hydrogen (secondary N) is 3. The normalized spacial score (nSPS) is 10.0. The first-order valence-electron chi connectivity index (χ1n) is 8.90. The van der Waals surface area contributed by atoms with Gasteiger partial charge in [-0.2, -0.15) is 0 Å². The number of halogens is 1. The molecule has 0 unspecified atom stereocenters. The van der Waals surface area contributed by atoms with E-state index < -0.39 is 0 Å². The van der Waals surface area contributed by atoms with E-state index in [1.54, 1.807) is 35.6 Å². The van der Waals surface area contributed by atoms with Gasteiger partial charge in [-0.3, -0.25) is 0 Å². The second-order valence-corrected chi connectivity index (χ2v) is 7.88. The Balaban J connectivity index is 0.000000858. The predicted molar refractivity (Wildman–Crippen MR) is 125 cm³/mol. The van der Waals surface area contributed by atoms with Gasteiger partial charge in [0.25, 0.3) is 0 Å². The summed E-state index contributed by atoms with van der Waals surface area (Å²) < 4.78 is 0. The molecule has 0 saturated heterocycles. The second kappa shape index (κ2) is 9.82. The van der Waals surface area contributed by atoms with Gasteiger partial charge in [0.1, 0.15) is 17.0 Å². The number of thiophene rings is 1. The minimum atomic E-state index is -0.329. The highest BCUT2D eigenvalue weighted by Crippen LogP contribution is 2.39. The number of carbonyl (C=O) groups excluding carboxylic acids is 2. The summed E-state index contributed by atoms with van der Waals surface area (Å²) in [5, 5.41) is 12.5. The molecule has 0 aliphatic rings. The van der Waals surface area contributed by atoms with Crippen molar-refractivity contribution in [2.24, 2.45) is 0 Å². The maximum absolute atomic E-state index is 12.2. The topological polar surface area (TPSA) is 134 Å². The third-order valence-electron chi connectivity index (χ3n) is 4.23. The fourth-order valence-electron chi connectivity index (χ4n) is 2.96. The molecule has 4 rings (SSSR count). The van der Waals surface area contributed by atoms with Gasteiger partial charge in [-0.1, -0.05) is 23.7 Å². The average molecular weight is 453 g/mol. The van der Waals surface area contributed by atoms with E-state index in [1.165, 1.54) is 6.33 Å². The number of anilines is 3. The number of carbonyl (C=O) groups is 1. The van der Waals surface area contributed by atoms with Crippen LogP contribution in [0.15, 0.2) is 54.9 Å². The molecule has 2 aromatic carbocycles. The molecule has 5 N–H and O–H groups in total. The molecular weight excluding hydrogens is 436 g/mol.